The number of amides is 1. The van der Waals surface area contributed by atoms with Gasteiger partial charge in [-0.25, -0.2) is 4.99 Å². The molecule has 0 bridgehead atoms. The van der Waals surface area contributed by atoms with Crippen LogP contribution in [0.1, 0.15) is 28.4 Å². The maximum atomic E-state index is 12.9. The zero-order valence-electron chi connectivity index (χ0n) is 17.2. The van der Waals surface area contributed by atoms with Gasteiger partial charge in [-0.1, -0.05) is 30.3 Å². The molecule has 0 aliphatic carbocycles. The van der Waals surface area contributed by atoms with Crippen molar-refractivity contribution in [2.75, 3.05) is 11.6 Å². The fourth-order valence-corrected chi connectivity index (χ4v) is 3.23. The highest BCUT2D eigenvalue weighted by Gasteiger charge is 2.30. The average molecular weight is 443 g/mol. The molecule has 0 saturated heterocycles. The molecular weight excluding hydrogens is 421 g/mol. The number of anilines is 1. The normalized spacial score (nSPS) is 12.0. The predicted molar refractivity (Wildman–Crippen MR) is 122 cm³/mol. The Morgan fingerprint density at radius 3 is 2.29 bits per heavy atom. The Labute approximate surface area is 183 Å². The van der Waals surface area contributed by atoms with E-state index in [1.807, 2.05) is 32.2 Å². The number of nitrogens with one attached hydrogen (secondary N) is 1. The summed E-state index contributed by atoms with van der Waals surface area (Å²) in [7, 11) is 0. The van der Waals surface area contributed by atoms with Gasteiger partial charge in [0.2, 0.25) is 0 Å². The predicted octanol–water partition coefficient (Wildman–Crippen LogP) is 7.35. The molecule has 1 N–H and O–H groups in total. The van der Waals surface area contributed by atoms with Crippen molar-refractivity contribution in [1.82, 2.24) is 0 Å². The molecule has 0 atom stereocenters. The highest BCUT2D eigenvalue weighted by atomic mass is 32.2. The van der Waals surface area contributed by atoms with Crippen LogP contribution in [-0.4, -0.2) is 17.2 Å². The zero-order chi connectivity index (χ0) is 22.6. The number of thioether (sulfide) groups is 1. The van der Waals surface area contributed by atoms with Crippen molar-refractivity contribution in [3.63, 3.8) is 0 Å². The minimum absolute atomic E-state index is 0.341. The van der Waals surface area contributed by atoms with Gasteiger partial charge in [0.05, 0.1) is 16.3 Å². The Morgan fingerprint density at radius 1 is 1.00 bits per heavy atom. The molecule has 0 heterocycles. The van der Waals surface area contributed by atoms with E-state index < -0.39 is 11.7 Å². The van der Waals surface area contributed by atoms with E-state index in [-0.39, 0.29) is 5.91 Å². The lowest BCUT2D eigenvalue weighted by Crippen LogP contribution is -2.13. The lowest BCUT2D eigenvalue weighted by atomic mass is 9.98. The number of carbonyl (C=O) groups excluding carboxylic acids is 1. The molecule has 3 aromatic rings. The number of hydrogen-bond donors (Lipinski definition) is 1. The number of aliphatic imine (C=N–C) groups is 1. The summed E-state index contributed by atoms with van der Waals surface area (Å²) in [5, 5.41) is 3.80. The molecule has 0 spiro atoms. The largest absolute Gasteiger partial charge is 0.416 e. The minimum atomic E-state index is -4.40. The van der Waals surface area contributed by atoms with Crippen molar-refractivity contribution < 1.29 is 18.0 Å². The van der Waals surface area contributed by atoms with E-state index in [2.05, 4.69) is 10.3 Å². The van der Waals surface area contributed by atoms with Crippen LogP contribution < -0.4 is 5.32 Å². The third kappa shape index (κ3) is 5.55. The van der Waals surface area contributed by atoms with Gasteiger partial charge in [-0.3, -0.25) is 4.79 Å². The van der Waals surface area contributed by atoms with Crippen molar-refractivity contribution >= 4 is 34.1 Å². The summed E-state index contributed by atoms with van der Waals surface area (Å²) in [6, 6.07) is 17.1. The fraction of sp³-hybridized carbons (Fsp3) is 0.167. The van der Waals surface area contributed by atoms with Crippen molar-refractivity contribution in [2.24, 2.45) is 4.99 Å². The molecule has 0 fully saturated rings. The number of aryl methyl sites for hydroxylation is 1. The van der Waals surface area contributed by atoms with E-state index in [0.717, 1.165) is 28.4 Å². The number of hydrogen-bond acceptors (Lipinski definition) is 3. The topological polar surface area (TPSA) is 41.5 Å². The second-order valence-electron chi connectivity index (χ2n) is 6.91. The van der Waals surface area contributed by atoms with Crippen LogP contribution in [0, 0.1) is 6.92 Å². The number of rotatable bonds is 4. The quantitative estimate of drug-likeness (QED) is 0.339. The summed E-state index contributed by atoms with van der Waals surface area (Å²) in [6.45, 7) is 3.84. The molecule has 0 aliphatic heterocycles. The van der Waals surface area contributed by atoms with Gasteiger partial charge in [0.15, 0.2) is 0 Å². The third-order valence-electron chi connectivity index (χ3n) is 4.72. The molecule has 31 heavy (non-hydrogen) atoms. The first-order valence-electron chi connectivity index (χ1n) is 9.47. The number of nitrogens with zero attached hydrogens (tertiary/aromatic N) is 1. The van der Waals surface area contributed by atoms with Crippen LogP contribution in [0.4, 0.5) is 24.5 Å². The zero-order valence-corrected chi connectivity index (χ0v) is 18.1. The van der Waals surface area contributed by atoms with Gasteiger partial charge in [0.1, 0.15) is 0 Å². The SMILES string of the molecule is CSC(C)=Nc1ccc(NC(=O)c2ccccc2-c2ccc(C(F)(F)F)cc2)cc1C. The molecule has 3 rings (SSSR count). The van der Waals surface area contributed by atoms with E-state index in [1.54, 1.807) is 42.1 Å². The van der Waals surface area contributed by atoms with Gasteiger partial charge in [0.25, 0.3) is 5.91 Å². The second-order valence-corrected chi connectivity index (χ2v) is 7.91. The molecule has 7 heteroatoms. The minimum Gasteiger partial charge on any atom is -0.322 e. The van der Waals surface area contributed by atoms with Crippen molar-refractivity contribution in [1.29, 1.82) is 0 Å². The van der Waals surface area contributed by atoms with Gasteiger partial charge < -0.3 is 5.32 Å². The van der Waals surface area contributed by atoms with Gasteiger partial charge in [0, 0.05) is 11.3 Å². The fourth-order valence-electron chi connectivity index (χ4n) is 3.04. The molecule has 160 valence electrons. The highest BCUT2D eigenvalue weighted by Crippen LogP contribution is 2.32. The van der Waals surface area contributed by atoms with E-state index in [1.165, 1.54) is 12.1 Å². The van der Waals surface area contributed by atoms with Gasteiger partial charge in [-0.2, -0.15) is 13.2 Å². The number of benzene rings is 3. The van der Waals surface area contributed by atoms with Crippen LogP contribution >= 0.6 is 11.8 Å². The summed E-state index contributed by atoms with van der Waals surface area (Å²) in [4.78, 5) is 17.5. The Balaban J connectivity index is 1.86. The summed E-state index contributed by atoms with van der Waals surface area (Å²) < 4.78 is 38.5. The lowest BCUT2D eigenvalue weighted by molar-refractivity contribution is -0.137. The van der Waals surface area contributed by atoms with E-state index >= 15 is 0 Å². The van der Waals surface area contributed by atoms with Gasteiger partial charge in [-0.15, -0.1) is 11.8 Å². The van der Waals surface area contributed by atoms with E-state index in [9.17, 15) is 18.0 Å². The molecular formula is C24H21F3N2OS. The Bertz CT molecular complexity index is 1120. The monoisotopic (exact) mass is 442 g/mol. The van der Waals surface area contributed by atoms with Crippen LogP contribution in [0.3, 0.4) is 0 Å². The maximum absolute atomic E-state index is 12.9. The second kappa shape index (κ2) is 9.39. The molecule has 0 saturated carbocycles. The Hall–Kier alpha value is -3.06. The Kier molecular flexibility index (Phi) is 6.85. The summed E-state index contributed by atoms with van der Waals surface area (Å²) in [5.41, 5.74) is 3.10. The van der Waals surface area contributed by atoms with Gasteiger partial charge in [-0.05, 0) is 73.2 Å². The molecule has 0 aromatic heterocycles. The molecule has 3 nitrogen and oxygen atoms in total. The molecule has 0 aliphatic rings. The smallest absolute Gasteiger partial charge is 0.322 e. The first-order chi connectivity index (χ1) is 14.7. The Morgan fingerprint density at radius 2 is 1.68 bits per heavy atom. The van der Waals surface area contributed by atoms with Crippen LogP contribution in [0.2, 0.25) is 0 Å². The van der Waals surface area contributed by atoms with Crippen LogP contribution in [0.15, 0.2) is 71.7 Å². The number of carbonyl (C=O) groups is 1. The first-order valence-corrected chi connectivity index (χ1v) is 10.7. The summed E-state index contributed by atoms with van der Waals surface area (Å²) >= 11 is 1.56. The van der Waals surface area contributed by atoms with Crippen LogP contribution in [0.5, 0.6) is 0 Å². The van der Waals surface area contributed by atoms with Crippen molar-refractivity contribution in [2.45, 2.75) is 20.0 Å². The summed E-state index contributed by atoms with van der Waals surface area (Å²) in [5.74, 6) is -0.341. The third-order valence-corrected chi connectivity index (χ3v) is 5.41. The van der Waals surface area contributed by atoms with Crippen molar-refractivity contribution in [3.8, 4) is 11.1 Å². The van der Waals surface area contributed by atoms with E-state index in [4.69, 9.17) is 0 Å². The lowest BCUT2D eigenvalue weighted by Gasteiger charge is -2.13. The van der Waals surface area contributed by atoms with Gasteiger partial charge >= 0.3 is 6.18 Å². The van der Waals surface area contributed by atoms with E-state index in [0.29, 0.717) is 22.4 Å². The molecule has 1 amide bonds. The number of halogens is 3. The maximum Gasteiger partial charge on any atom is 0.416 e. The average Bonchev–Trinajstić information content (AvgIpc) is 2.75. The number of alkyl halides is 3. The highest BCUT2D eigenvalue weighted by molar-refractivity contribution is 8.13. The van der Waals surface area contributed by atoms with Crippen LogP contribution in [-0.2, 0) is 6.18 Å². The van der Waals surface area contributed by atoms with Crippen LogP contribution in [0.25, 0.3) is 11.1 Å². The standard InChI is InChI=1S/C24H21F3N2OS/c1-15-14-19(12-13-22(15)28-16(2)31-3)29-23(30)21-7-5-4-6-20(21)17-8-10-18(11-9-17)24(25,26)27/h4-14H,1-3H3,(H,29,30). The summed E-state index contributed by atoms with van der Waals surface area (Å²) in [6.07, 6.45) is -2.45. The molecule has 0 radical (unpaired) electrons. The molecule has 0 unspecified atom stereocenters. The van der Waals surface area contributed by atoms with Crippen molar-refractivity contribution in [3.05, 3.63) is 83.4 Å². The first kappa shape index (κ1) is 22.6. The molecule has 3 aromatic carbocycles.